The molecular formula is C20H16ClN3O2S. The molecule has 5 nitrogen and oxygen atoms in total. The van der Waals surface area contributed by atoms with Crippen molar-refractivity contribution in [2.45, 2.75) is 0 Å². The predicted octanol–water partition coefficient (Wildman–Crippen LogP) is 5.03. The monoisotopic (exact) mass is 397 g/mol. The summed E-state index contributed by atoms with van der Waals surface area (Å²) in [5.41, 5.74) is 2.00. The molecule has 27 heavy (non-hydrogen) atoms. The van der Waals surface area contributed by atoms with Gasteiger partial charge in [-0.2, -0.15) is 0 Å². The molecule has 136 valence electrons. The van der Waals surface area contributed by atoms with Crippen molar-refractivity contribution in [2.24, 2.45) is 0 Å². The molecule has 0 N–H and O–H groups in total. The number of nitrogens with zero attached hydrogens (tertiary/aromatic N) is 3. The van der Waals surface area contributed by atoms with Gasteiger partial charge in [-0.05, 0) is 30.3 Å². The molecule has 0 atom stereocenters. The molecule has 2 aromatic heterocycles. The molecule has 0 unspecified atom stereocenters. The maximum atomic E-state index is 13.1. The minimum atomic E-state index is -0.230. The first kappa shape index (κ1) is 17.6. The summed E-state index contributed by atoms with van der Waals surface area (Å²) in [6.07, 6.45) is 3.77. The number of para-hydroxylation sites is 1. The molecule has 7 heteroatoms. The molecule has 4 rings (SSSR count). The van der Waals surface area contributed by atoms with Gasteiger partial charge in [-0.1, -0.05) is 35.1 Å². The van der Waals surface area contributed by atoms with Crippen molar-refractivity contribution < 1.29 is 9.53 Å². The molecule has 0 saturated carbocycles. The van der Waals surface area contributed by atoms with Crippen LogP contribution in [0.2, 0.25) is 5.02 Å². The highest BCUT2D eigenvalue weighted by Gasteiger charge is 2.22. The average Bonchev–Trinajstić information content (AvgIpc) is 3.36. The lowest BCUT2D eigenvalue weighted by Crippen LogP contribution is -2.26. The van der Waals surface area contributed by atoms with Gasteiger partial charge in [-0.3, -0.25) is 9.69 Å². The molecule has 0 fully saturated rings. The number of thiazole rings is 1. The minimum absolute atomic E-state index is 0.230. The highest BCUT2D eigenvalue weighted by atomic mass is 35.5. The predicted molar refractivity (Wildman–Crippen MR) is 110 cm³/mol. The fraction of sp³-hybridized carbons (Fsp3) is 0.100. The van der Waals surface area contributed by atoms with Gasteiger partial charge in [0.2, 0.25) is 0 Å². The van der Waals surface area contributed by atoms with E-state index in [1.807, 2.05) is 53.4 Å². The Kier molecular flexibility index (Phi) is 4.59. The average molecular weight is 398 g/mol. The largest absolute Gasteiger partial charge is 0.496 e. The summed E-state index contributed by atoms with van der Waals surface area (Å²) in [6, 6.07) is 15.0. The smallest absolute Gasteiger partial charge is 0.263 e. The number of hydrogen-bond donors (Lipinski definition) is 0. The summed E-state index contributed by atoms with van der Waals surface area (Å²) >= 11 is 7.91. The fourth-order valence-corrected chi connectivity index (χ4v) is 4.03. The van der Waals surface area contributed by atoms with Crippen molar-refractivity contribution >= 4 is 44.2 Å². The number of carbonyl (C=O) groups excluding carboxylic acids is 1. The van der Waals surface area contributed by atoms with E-state index in [1.165, 1.54) is 23.3 Å². The Morgan fingerprint density at radius 1 is 1.19 bits per heavy atom. The van der Waals surface area contributed by atoms with Crippen molar-refractivity contribution in [3.63, 3.8) is 0 Å². The normalized spacial score (nSPS) is 10.9. The van der Waals surface area contributed by atoms with Gasteiger partial charge in [0, 0.05) is 25.5 Å². The van der Waals surface area contributed by atoms with E-state index in [9.17, 15) is 4.79 Å². The van der Waals surface area contributed by atoms with E-state index in [0.717, 1.165) is 15.9 Å². The van der Waals surface area contributed by atoms with Crippen molar-refractivity contribution in [1.82, 2.24) is 9.55 Å². The van der Waals surface area contributed by atoms with E-state index in [2.05, 4.69) is 4.98 Å². The number of amides is 1. The molecule has 0 aliphatic carbocycles. The Balaban J connectivity index is 1.73. The Morgan fingerprint density at radius 3 is 2.63 bits per heavy atom. The van der Waals surface area contributed by atoms with Crippen LogP contribution >= 0.6 is 22.9 Å². The summed E-state index contributed by atoms with van der Waals surface area (Å²) in [5.74, 6) is 0.230. The number of benzene rings is 2. The molecule has 0 bridgehead atoms. The summed E-state index contributed by atoms with van der Waals surface area (Å²) in [4.78, 5) is 19.2. The number of anilines is 1. The van der Waals surface area contributed by atoms with E-state index in [0.29, 0.717) is 21.5 Å². The lowest BCUT2D eigenvalue weighted by molar-refractivity contribution is 0.0990. The van der Waals surface area contributed by atoms with Crippen molar-refractivity contribution in [3.05, 3.63) is 71.5 Å². The first-order valence-corrected chi connectivity index (χ1v) is 9.42. The highest BCUT2D eigenvalue weighted by Crippen LogP contribution is 2.33. The first-order valence-electron chi connectivity index (χ1n) is 8.23. The number of methoxy groups -OCH3 is 1. The van der Waals surface area contributed by atoms with Gasteiger partial charge in [0.05, 0.1) is 33.6 Å². The van der Waals surface area contributed by atoms with Crippen LogP contribution < -0.4 is 9.64 Å². The third kappa shape index (κ3) is 3.18. The molecule has 0 aliphatic heterocycles. The van der Waals surface area contributed by atoms with Gasteiger partial charge in [0.25, 0.3) is 5.91 Å². The lowest BCUT2D eigenvalue weighted by atomic mass is 10.1. The van der Waals surface area contributed by atoms with Crippen LogP contribution in [-0.4, -0.2) is 29.6 Å². The van der Waals surface area contributed by atoms with Gasteiger partial charge >= 0.3 is 0 Å². The third-order valence-corrected chi connectivity index (χ3v) is 5.67. The number of rotatable bonds is 4. The Hall–Kier alpha value is -2.83. The number of halogens is 1. The minimum Gasteiger partial charge on any atom is -0.496 e. The second kappa shape index (κ2) is 7.06. The fourth-order valence-electron chi connectivity index (χ4n) is 2.84. The van der Waals surface area contributed by atoms with Gasteiger partial charge in [-0.15, -0.1) is 0 Å². The summed E-state index contributed by atoms with van der Waals surface area (Å²) < 4.78 is 8.37. The zero-order valence-corrected chi connectivity index (χ0v) is 16.3. The molecule has 2 aromatic carbocycles. The van der Waals surface area contributed by atoms with E-state index in [1.54, 1.807) is 19.2 Å². The van der Waals surface area contributed by atoms with Crippen molar-refractivity contribution in [2.75, 3.05) is 19.1 Å². The zero-order chi connectivity index (χ0) is 19.0. The first-order chi connectivity index (χ1) is 13.1. The highest BCUT2D eigenvalue weighted by molar-refractivity contribution is 7.22. The molecule has 0 spiro atoms. The number of fused-ring (bicyclic) bond motifs is 1. The molecule has 0 aliphatic rings. The van der Waals surface area contributed by atoms with Crippen LogP contribution in [0.15, 0.2) is 60.9 Å². The van der Waals surface area contributed by atoms with Crippen LogP contribution in [0.25, 0.3) is 15.9 Å². The molecule has 0 saturated heterocycles. The van der Waals surface area contributed by atoms with Crippen LogP contribution in [0.3, 0.4) is 0 Å². The Morgan fingerprint density at radius 2 is 1.93 bits per heavy atom. The van der Waals surface area contributed by atoms with Crippen molar-refractivity contribution in [3.8, 4) is 11.4 Å². The Labute approximate surface area is 165 Å². The molecular weight excluding hydrogens is 382 g/mol. The molecule has 4 aromatic rings. The molecule has 2 heterocycles. The van der Waals surface area contributed by atoms with Crippen LogP contribution in [0, 0.1) is 0 Å². The maximum absolute atomic E-state index is 13.1. The van der Waals surface area contributed by atoms with Crippen LogP contribution in [-0.2, 0) is 0 Å². The summed E-state index contributed by atoms with van der Waals surface area (Å²) in [7, 11) is 3.24. The summed E-state index contributed by atoms with van der Waals surface area (Å²) in [5, 5.41) is 1.09. The van der Waals surface area contributed by atoms with Crippen LogP contribution in [0.1, 0.15) is 10.4 Å². The number of hydrogen-bond acceptors (Lipinski definition) is 4. The van der Waals surface area contributed by atoms with E-state index >= 15 is 0 Å². The van der Waals surface area contributed by atoms with Crippen LogP contribution in [0.4, 0.5) is 5.13 Å². The number of ether oxygens (including phenoxy) is 1. The van der Waals surface area contributed by atoms with Gasteiger partial charge in [-0.25, -0.2) is 4.98 Å². The maximum Gasteiger partial charge on any atom is 0.263 e. The van der Waals surface area contributed by atoms with E-state index in [4.69, 9.17) is 16.3 Å². The van der Waals surface area contributed by atoms with Gasteiger partial charge in [0.15, 0.2) is 5.13 Å². The van der Waals surface area contributed by atoms with Gasteiger partial charge in [0.1, 0.15) is 5.75 Å². The second-order valence-electron chi connectivity index (χ2n) is 5.92. The Bertz CT molecular complexity index is 1090. The topological polar surface area (TPSA) is 47.4 Å². The van der Waals surface area contributed by atoms with E-state index < -0.39 is 0 Å². The zero-order valence-electron chi connectivity index (χ0n) is 14.7. The quantitative estimate of drug-likeness (QED) is 0.485. The SMILES string of the molecule is COc1cc(-n2cccc2)c(Cl)cc1C(=O)N(C)c1nc2ccccc2s1. The van der Waals surface area contributed by atoms with E-state index in [-0.39, 0.29) is 5.91 Å². The number of aromatic nitrogens is 2. The lowest BCUT2D eigenvalue weighted by Gasteiger charge is -2.17. The molecule has 1 amide bonds. The standard InChI is InChI=1S/C20H16ClN3O2S/c1-23(20-22-15-7-3-4-8-18(15)27-20)19(25)13-11-14(21)16(12-17(13)26-2)24-9-5-6-10-24/h3-12H,1-2H3. The summed E-state index contributed by atoms with van der Waals surface area (Å²) in [6.45, 7) is 0. The van der Waals surface area contributed by atoms with Gasteiger partial charge < -0.3 is 9.30 Å². The molecule has 0 radical (unpaired) electrons. The van der Waals surface area contributed by atoms with Crippen LogP contribution in [0.5, 0.6) is 5.75 Å². The third-order valence-electron chi connectivity index (χ3n) is 4.26. The van der Waals surface area contributed by atoms with Crippen molar-refractivity contribution in [1.29, 1.82) is 0 Å². The second-order valence-corrected chi connectivity index (χ2v) is 7.34. The number of carbonyl (C=O) groups is 1.